The Labute approximate surface area is 114 Å². The van der Waals surface area contributed by atoms with Crippen molar-refractivity contribution in [2.75, 3.05) is 26.0 Å². The SMILES string of the molecule is CSC(CO)C(C)NC(=O)CCC1CCNCC1. The van der Waals surface area contributed by atoms with Crippen LogP contribution in [0.4, 0.5) is 0 Å². The summed E-state index contributed by atoms with van der Waals surface area (Å²) in [5, 5.41) is 15.6. The lowest BCUT2D eigenvalue weighted by molar-refractivity contribution is -0.122. The Balaban J connectivity index is 2.19. The smallest absolute Gasteiger partial charge is 0.220 e. The van der Waals surface area contributed by atoms with E-state index in [0.29, 0.717) is 12.3 Å². The first-order valence-corrected chi connectivity index (χ1v) is 8.10. The number of carbonyl (C=O) groups is 1. The van der Waals surface area contributed by atoms with Crippen LogP contribution in [-0.2, 0) is 4.79 Å². The van der Waals surface area contributed by atoms with Gasteiger partial charge >= 0.3 is 0 Å². The number of carbonyl (C=O) groups excluding carboxylic acids is 1. The van der Waals surface area contributed by atoms with E-state index < -0.39 is 0 Å². The maximum Gasteiger partial charge on any atom is 0.220 e. The van der Waals surface area contributed by atoms with E-state index in [1.54, 1.807) is 11.8 Å². The van der Waals surface area contributed by atoms with Gasteiger partial charge in [0.05, 0.1) is 6.61 Å². The predicted molar refractivity (Wildman–Crippen MR) is 76.8 cm³/mol. The summed E-state index contributed by atoms with van der Waals surface area (Å²) < 4.78 is 0. The minimum atomic E-state index is 0.0329. The van der Waals surface area contributed by atoms with Crippen molar-refractivity contribution in [1.82, 2.24) is 10.6 Å². The third-order valence-electron chi connectivity index (χ3n) is 3.67. The number of hydrogen-bond donors (Lipinski definition) is 3. The first-order valence-electron chi connectivity index (χ1n) is 6.81. The van der Waals surface area contributed by atoms with E-state index in [-0.39, 0.29) is 23.8 Å². The maximum absolute atomic E-state index is 11.8. The Kier molecular flexibility index (Phi) is 7.70. The molecular weight excluding hydrogens is 248 g/mol. The van der Waals surface area contributed by atoms with E-state index >= 15 is 0 Å². The van der Waals surface area contributed by atoms with Gasteiger partial charge in [0, 0.05) is 17.7 Å². The molecule has 2 atom stereocenters. The fourth-order valence-corrected chi connectivity index (χ4v) is 2.99. The van der Waals surface area contributed by atoms with Crippen molar-refractivity contribution in [3.8, 4) is 0 Å². The molecule has 1 saturated heterocycles. The lowest BCUT2D eigenvalue weighted by Crippen LogP contribution is -2.41. The molecule has 0 aromatic heterocycles. The Morgan fingerprint density at radius 3 is 2.72 bits per heavy atom. The van der Waals surface area contributed by atoms with Gasteiger partial charge in [0.25, 0.3) is 0 Å². The Morgan fingerprint density at radius 2 is 2.17 bits per heavy atom. The molecule has 0 aromatic rings. The summed E-state index contributed by atoms with van der Waals surface area (Å²) in [6, 6.07) is 0.0329. The second-order valence-corrected chi connectivity index (χ2v) is 6.12. The van der Waals surface area contributed by atoms with E-state index in [1.165, 1.54) is 12.8 Å². The molecule has 2 unspecified atom stereocenters. The van der Waals surface area contributed by atoms with Crippen molar-refractivity contribution in [2.45, 2.75) is 43.9 Å². The summed E-state index contributed by atoms with van der Waals surface area (Å²) >= 11 is 1.59. The molecule has 1 aliphatic rings. The topological polar surface area (TPSA) is 61.4 Å². The lowest BCUT2D eigenvalue weighted by atomic mass is 9.93. The van der Waals surface area contributed by atoms with Crippen molar-refractivity contribution in [2.24, 2.45) is 5.92 Å². The zero-order valence-corrected chi connectivity index (χ0v) is 12.3. The fourth-order valence-electron chi connectivity index (χ4n) is 2.36. The van der Waals surface area contributed by atoms with Crippen molar-refractivity contribution in [3.63, 3.8) is 0 Å². The Bertz CT molecular complexity index is 241. The van der Waals surface area contributed by atoms with Gasteiger partial charge in [-0.1, -0.05) is 0 Å². The van der Waals surface area contributed by atoms with Gasteiger partial charge in [-0.2, -0.15) is 11.8 Å². The van der Waals surface area contributed by atoms with Crippen LogP contribution in [0.25, 0.3) is 0 Å². The quantitative estimate of drug-likeness (QED) is 0.648. The zero-order valence-electron chi connectivity index (χ0n) is 11.4. The van der Waals surface area contributed by atoms with Crippen molar-refractivity contribution >= 4 is 17.7 Å². The lowest BCUT2D eigenvalue weighted by Gasteiger charge is -2.24. The molecule has 18 heavy (non-hydrogen) atoms. The Hall–Kier alpha value is -0.260. The van der Waals surface area contributed by atoms with E-state index in [1.807, 2.05) is 13.2 Å². The first-order chi connectivity index (χ1) is 8.67. The molecule has 4 nitrogen and oxygen atoms in total. The van der Waals surface area contributed by atoms with Crippen molar-refractivity contribution in [1.29, 1.82) is 0 Å². The van der Waals surface area contributed by atoms with Gasteiger partial charge in [0.2, 0.25) is 5.91 Å². The van der Waals surface area contributed by atoms with Gasteiger partial charge in [-0.3, -0.25) is 4.79 Å². The summed E-state index contributed by atoms with van der Waals surface area (Å²) in [6.07, 6.45) is 5.93. The van der Waals surface area contributed by atoms with Crippen LogP contribution in [-0.4, -0.2) is 48.3 Å². The zero-order chi connectivity index (χ0) is 13.4. The molecule has 106 valence electrons. The van der Waals surface area contributed by atoms with Crippen molar-refractivity contribution in [3.05, 3.63) is 0 Å². The van der Waals surface area contributed by atoms with Gasteiger partial charge in [0.15, 0.2) is 0 Å². The fraction of sp³-hybridized carbons (Fsp3) is 0.923. The highest BCUT2D eigenvalue weighted by molar-refractivity contribution is 7.99. The van der Waals surface area contributed by atoms with Crippen LogP contribution in [0.15, 0.2) is 0 Å². The predicted octanol–water partition coefficient (Wildman–Crippen LogP) is 0.995. The number of rotatable bonds is 7. The first kappa shape index (κ1) is 15.8. The average molecular weight is 274 g/mol. The molecule has 0 radical (unpaired) electrons. The average Bonchev–Trinajstić information content (AvgIpc) is 2.39. The normalized spacial score (nSPS) is 20.4. The molecule has 5 heteroatoms. The second-order valence-electron chi connectivity index (χ2n) is 5.04. The molecule has 1 rings (SSSR count). The highest BCUT2D eigenvalue weighted by Crippen LogP contribution is 2.18. The van der Waals surface area contributed by atoms with Crippen LogP contribution >= 0.6 is 11.8 Å². The highest BCUT2D eigenvalue weighted by Gasteiger charge is 2.19. The van der Waals surface area contributed by atoms with Gasteiger partial charge < -0.3 is 15.7 Å². The van der Waals surface area contributed by atoms with E-state index in [4.69, 9.17) is 5.11 Å². The van der Waals surface area contributed by atoms with Crippen LogP contribution in [0.1, 0.15) is 32.6 Å². The monoisotopic (exact) mass is 274 g/mol. The molecule has 1 heterocycles. The van der Waals surface area contributed by atoms with E-state index in [0.717, 1.165) is 19.5 Å². The summed E-state index contributed by atoms with van der Waals surface area (Å²) in [7, 11) is 0. The van der Waals surface area contributed by atoms with Gasteiger partial charge in [-0.25, -0.2) is 0 Å². The van der Waals surface area contributed by atoms with E-state index in [2.05, 4.69) is 10.6 Å². The molecule has 1 fully saturated rings. The standard InChI is InChI=1S/C13H26N2O2S/c1-10(12(9-16)18-2)15-13(17)4-3-11-5-7-14-8-6-11/h10-12,14,16H,3-9H2,1-2H3,(H,15,17). The third kappa shape index (κ3) is 5.59. The number of nitrogens with one attached hydrogen (secondary N) is 2. The van der Waals surface area contributed by atoms with E-state index in [9.17, 15) is 4.79 Å². The minimum absolute atomic E-state index is 0.0329. The Morgan fingerprint density at radius 1 is 1.50 bits per heavy atom. The number of amides is 1. The van der Waals surface area contributed by atoms with Crippen LogP contribution in [0.5, 0.6) is 0 Å². The molecule has 0 saturated carbocycles. The number of aliphatic hydroxyl groups is 1. The van der Waals surface area contributed by atoms with Gasteiger partial charge in [-0.15, -0.1) is 0 Å². The van der Waals surface area contributed by atoms with Crippen LogP contribution in [0.3, 0.4) is 0 Å². The number of hydrogen-bond acceptors (Lipinski definition) is 4. The number of aliphatic hydroxyl groups excluding tert-OH is 1. The highest BCUT2D eigenvalue weighted by atomic mass is 32.2. The van der Waals surface area contributed by atoms with Crippen LogP contribution in [0.2, 0.25) is 0 Å². The molecule has 1 amide bonds. The van der Waals surface area contributed by atoms with Crippen molar-refractivity contribution < 1.29 is 9.90 Å². The van der Waals surface area contributed by atoms with Gasteiger partial charge in [-0.05, 0) is 51.4 Å². The molecule has 0 bridgehead atoms. The largest absolute Gasteiger partial charge is 0.395 e. The van der Waals surface area contributed by atoms with Gasteiger partial charge in [0.1, 0.15) is 0 Å². The summed E-state index contributed by atoms with van der Waals surface area (Å²) in [4.78, 5) is 11.8. The summed E-state index contributed by atoms with van der Waals surface area (Å²) in [5.74, 6) is 0.815. The molecule has 3 N–H and O–H groups in total. The molecule has 0 spiro atoms. The maximum atomic E-state index is 11.8. The number of piperidine rings is 1. The summed E-state index contributed by atoms with van der Waals surface area (Å²) in [5.41, 5.74) is 0. The van der Waals surface area contributed by atoms with Crippen LogP contribution in [0, 0.1) is 5.92 Å². The summed E-state index contributed by atoms with van der Waals surface area (Å²) in [6.45, 7) is 4.24. The third-order valence-corrected chi connectivity index (χ3v) is 4.83. The number of thioether (sulfide) groups is 1. The molecular formula is C13H26N2O2S. The second kappa shape index (κ2) is 8.77. The molecule has 1 aliphatic heterocycles. The molecule has 0 aliphatic carbocycles. The van der Waals surface area contributed by atoms with Crippen LogP contribution < -0.4 is 10.6 Å². The molecule has 0 aromatic carbocycles. The minimum Gasteiger partial charge on any atom is -0.395 e.